The van der Waals surface area contributed by atoms with E-state index in [-0.39, 0.29) is 24.1 Å². The van der Waals surface area contributed by atoms with Crippen molar-refractivity contribution in [1.82, 2.24) is 5.32 Å². The van der Waals surface area contributed by atoms with Gasteiger partial charge >= 0.3 is 0 Å². The number of hydrogen-bond donors (Lipinski definition) is 2. The molecule has 1 rings (SSSR count). The van der Waals surface area contributed by atoms with E-state index >= 15 is 0 Å². The molecule has 1 unspecified atom stereocenters. The number of benzene rings is 1. The van der Waals surface area contributed by atoms with Gasteiger partial charge < -0.3 is 15.2 Å². The lowest BCUT2D eigenvalue weighted by molar-refractivity contribution is -0.123. The quantitative estimate of drug-likeness (QED) is 0.808. The van der Waals surface area contributed by atoms with Gasteiger partial charge in [-0.05, 0) is 18.6 Å². The molecule has 1 amide bonds. The van der Waals surface area contributed by atoms with Crippen LogP contribution in [0, 0.1) is 5.82 Å². The monoisotopic (exact) mass is 289 g/mol. The summed E-state index contributed by atoms with van der Waals surface area (Å²) in [5.41, 5.74) is 0. The Morgan fingerprint density at radius 1 is 1.58 bits per heavy atom. The van der Waals surface area contributed by atoms with E-state index in [2.05, 4.69) is 5.32 Å². The van der Waals surface area contributed by atoms with Gasteiger partial charge in [-0.1, -0.05) is 24.9 Å². The van der Waals surface area contributed by atoms with Crippen molar-refractivity contribution in [3.05, 3.63) is 29.0 Å². The molecule has 19 heavy (non-hydrogen) atoms. The summed E-state index contributed by atoms with van der Waals surface area (Å²) in [6, 6.07) is 3.86. The Bertz CT molecular complexity index is 428. The molecule has 0 spiro atoms. The minimum Gasteiger partial charge on any atom is -0.484 e. The number of carbonyl (C=O) groups is 1. The molecule has 1 atom stereocenters. The molecule has 6 heteroatoms. The molecule has 0 bridgehead atoms. The van der Waals surface area contributed by atoms with Gasteiger partial charge in [0.15, 0.2) is 6.61 Å². The average Bonchev–Trinajstić information content (AvgIpc) is 2.38. The fourth-order valence-electron chi connectivity index (χ4n) is 1.43. The van der Waals surface area contributed by atoms with Crippen molar-refractivity contribution in [3.8, 4) is 5.75 Å². The number of ether oxygens (including phenoxy) is 1. The summed E-state index contributed by atoms with van der Waals surface area (Å²) in [7, 11) is 0. The first-order chi connectivity index (χ1) is 9.02. The van der Waals surface area contributed by atoms with E-state index in [1.54, 1.807) is 0 Å². The molecule has 0 aliphatic heterocycles. The summed E-state index contributed by atoms with van der Waals surface area (Å²) >= 11 is 5.58. The minimum absolute atomic E-state index is 0.0590. The normalized spacial score (nSPS) is 12.0. The predicted octanol–water partition coefficient (Wildman–Crippen LogP) is 2.14. The topological polar surface area (TPSA) is 58.6 Å². The van der Waals surface area contributed by atoms with Crippen molar-refractivity contribution in [2.75, 3.05) is 13.2 Å². The molecule has 4 nitrogen and oxygen atoms in total. The highest BCUT2D eigenvalue weighted by molar-refractivity contribution is 6.30. The molecule has 0 saturated heterocycles. The van der Waals surface area contributed by atoms with Crippen LogP contribution in [0.15, 0.2) is 18.2 Å². The van der Waals surface area contributed by atoms with Gasteiger partial charge in [-0.3, -0.25) is 4.79 Å². The molecule has 0 saturated carbocycles. The van der Waals surface area contributed by atoms with Crippen LogP contribution in [0.5, 0.6) is 5.75 Å². The molecule has 1 aromatic rings. The standard InChI is InChI=1S/C13H17ClFNO3/c1-2-3-9(17)7-16-13(18)8-19-10-4-5-12(15)11(14)6-10/h4-6,9,17H,2-3,7-8H2,1H3,(H,16,18). The second kappa shape index (κ2) is 7.96. The lowest BCUT2D eigenvalue weighted by atomic mass is 10.2. The van der Waals surface area contributed by atoms with Crippen molar-refractivity contribution in [2.24, 2.45) is 0 Å². The van der Waals surface area contributed by atoms with Crippen LogP contribution in [-0.2, 0) is 4.79 Å². The zero-order valence-corrected chi connectivity index (χ0v) is 11.4. The molecular weight excluding hydrogens is 273 g/mol. The highest BCUT2D eigenvalue weighted by atomic mass is 35.5. The smallest absolute Gasteiger partial charge is 0.258 e. The second-order valence-corrected chi connectivity index (χ2v) is 4.52. The molecular formula is C13H17ClFNO3. The van der Waals surface area contributed by atoms with Crippen molar-refractivity contribution in [2.45, 2.75) is 25.9 Å². The molecule has 0 heterocycles. The van der Waals surface area contributed by atoms with Crippen LogP contribution in [-0.4, -0.2) is 30.3 Å². The largest absolute Gasteiger partial charge is 0.484 e. The predicted molar refractivity (Wildman–Crippen MR) is 70.8 cm³/mol. The third-order valence-electron chi connectivity index (χ3n) is 2.42. The SMILES string of the molecule is CCCC(O)CNC(=O)COc1ccc(F)c(Cl)c1. The van der Waals surface area contributed by atoms with E-state index in [1.165, 1.54) is 18.2 Å². The van der Waals surface area contributed by atoms with Gasteiger partial charge in [0, 0.05) is 12.6 Å². The first-order valence-corrected chi connectivity index (χ1v) is 6.43. The third-order valence-corrected chi connectivity index (χ3v) is 2.71. The number of rotatable bonds is 7. The van der Waals surface area contributed by atoms with Gasteiger partial charge in [-0.25, -0.2) is 4.39 Å². The van der Waals surface area contributed by atoms with Gasteiger partial charge in [-0.15, -0.1) is 0 Å². The average molecular weight is 290 g/mol. The van der Waals surface area contributed by atoms with E-state index in [1.807, 2.05) is 6.92 Å². The molecule has 106 valence electrons. The Morgan fingerprint density at radius 3 is 2.95 bits per heavy atom. The highest BCUT2D eigenvalue weighted by Crippen LogP contribution is 2.20. The molecule has 0 radical (unpaired) electrons. The molecule has 1 aromatic carbocycles. The maximum Gasteiger partial charge on any atom is 0.258 e. The van der Waals surface area contributed by atoms with E-state index in [0.29, 0.717) is 12.2 Å². The lowest BCUT2D eigenvalue weighted by Crippen LogP contribution is -2.35. The summed E-state index contributed by atoms with van der Waals surface area (Å²) in [5.74, 6) is -0.576. The number of amides is 1. The summed E-state index contributed by atoms with van der Waals surface area (Å²) in [6.07, 6.45) is 0.935. The van der Waals surface area contributed by atoms with Crippen molar-refractivity contribution >= 4 is 17.5 Å². The van der Waals surface area contributed by atoms with Crippen LogP contribution >= 0.6 is 11.6 Å². The Morgan fingerprint density at radius 2 is 2.32 bits per heavy atom. The lowest BCUT2D eigenvalue weighted by Gasteiger charge is -2.11. The fourth-order valence-corrected chi connectivity index (χ4v) is 1.60. The summed E-state index contributed by atoms with van der Waals surface area (Å²) in [4.78, 5) is 11.4. The summed E-state index contributed by atoms with van der Waals surface area (Å²) in [6.45, 7) is 1.94. The molecule has 0 aromatic heterocycles. The van der Waals surface area contributed by atoms with Crippen LogP contribution in [0.2, 0.25) is 5.02 Å². The van der Waals surface area contributed by atoms with Crippen LogP contribution in [0.3, 0.4) is 0 Å². The zero-order chi connectivity index (χ0) is 14.3. The maximum absolute atomic E-state index is 12.9. The van der Waals surface area contributed by atoms with Gasteiger partial charge in [0.2, 0.25) is 0 Å². The number of hydrogen-bond acceptors (Lipinski definition) is 3. The van der Waals surface area contributed by atoms with Crippen LogP contribution in [0.4, 0.5) is 4.39 Å². The van der Waals surface area contributed by atoms with E-state index in [9.17, 15) is 14.3 Å². The highest BCUT2D eigenvalue weighted by Gasteiger charge is 2.07. The van der Waals surface area contributed by atoms with Gasteiger partial charge in [-0.2, -0.15) is 0 Å². The maximum atomic E-state index is 12.9. The summed E-state index contributed by atoms with van der Waals surface area (Å²) in [5, 5.41) is 11.9. The fraction of sp³-hybridized carbons (Fsp3) is 0.462. The van der Waals surface area contributed by atoms with Crippen LogP contribution in [0.25, 0.3) is 0 Å². The zero-order valence-electron chi connectivity index (χ0n) is 10.7. The Hall–Kier alpha value is -1.33. The number of halogens is 2. The Kier molecular flexibility index (Phi) is 6.59. The van der Waals surface area contributed by atoms with Gasteiger partial charge in [0.1, 0.15) is 11.6 Å². The number of aliphatic hydroxyl groups excluding tert-OH is 1. The number of carbonyl (C=O) groups excluding carboxylic acids is 1. The molecule has 0 fully saturated rings. The molecule has 0 aliphatic carbocycles. The van der Waals surface area contributed by atoms with Crippen LogP contribution in [0.1, 0.15) is 19.8 Å². The second-order valence-electron chi connectivity index (χ2n) is 4.11. The van der Waals surface area contributed by atoms with E-state index < -0.39 is 11.9 Å². The molecule has 2 N–H and O–H groups in total. The third kappa shape index (κ3) is 5.89. The van der Waals surface area contributed by atoms with Crippen LogP contribution < -0.4 is 10.1 Å². The van der Waals surface area contributed by atoms with E-state index in [0.717, 1.165) is 6.42 Å². The van der Waals surface area contributed by atoms with Crippen molar-refractivity contribution < 1.29 is 19.0 Å². The Balaban J connectivity index is 2.31. The molecule has 0 aliphatic rings. The number of nitrogens with one attached hydrogen (secondary N) is 1. The van der Waals surface area contributed by atoms with Crippen molar-refractivity contribution in [3.63, 3.8) is 0 Å². The van der Waals surface area contributed by atoms with Crippen molar-refractivity contribution in [1.29, 1.82) is 0 Å². The summed E-state index contributed by atoms with van der Waals surface area (Å²) < 4.78 is 18.0. The number of aliphatic hydroxyl groups is 1. The van der Waals surface area contributed by atoms with Gasteiger partial charge in [0.05, 0.1) is 11.1 Å². The minimum atomic E-state index is -0.547. The van der Waals surface area contributed by atoms with E-state index in [4.69, 9.17) is 16.3 Å². The Labute approximate surface area is 116 Å². The van der Waals surface area contributed by atoms with Gasteiger partial charge in [0.25, 0.3) is 5.91 Å². The first kappa shape index (κ1) is 15.7. The first-order valence-electron chi connectivity index (χ1n) is 6.05.